The molecule has 0 saturated heterocycles. The van der Waals surface area contributed by atoms with Crippen LogP contribution in [0.1, 0.15) is 350 Å². The molecule has 0 bridgehead atoms. The second-order valence-corrected chi connectivity index (χ2v) is 22.7. The molecule has 0 heterocycles. The van der Waals surface area contributed by atoms with Gasteiger partial charge in [-0.2, -0.15) is 0 Å². The van der Waals surface area contributed by atoms with Crippen molar-refractivity contribution in [3.05, 3.63) is 0 Å². The van der Waals surface area contributed by atoms with Crippen molar-refractivity contribution in [2.75, 3.05) is 13.2 Å². The Kier molecular flexibility index (Phi) is 52.9. The maximum atomic E-state index is 12.9. The van der Waals surface area contributed by atoms with E-state index in [1.807, 2.05) is 0 Å². The number of esters is 3. The highest BCUT2D eigenvalue weighted by Gasteiger charge is 2.19. The van der Waals surface area contributed by atoms with Gasteiger partial charge in [-0.25, -0.2) is 0 Å². The van der Waals surface area contributed by atoms with E-state index < -0.39 is 6.10 Å². The van der Waals surface area contributed by atoms with Crippen LogP contribution in [0, 0.1) is 17.8 Å². The molecule has 6 nitrogen and oxygen atoms in total. The average molecular weight is 976 g/mol. The Morgan fingerprint density at radius 1 is 0.290 bits per heavy atom. The predicted octanol–water partition coefficient (Wildman–Crippen LogP) is 20.7. The van der Waals surface area contributed by atoms with Gasteiger partial charge in [0.25, 0.3) is 0 Å². The first kappa shape index (κ1) is 67.4. The van der Waals surface area contributed by atoms with Crippen molar-refractivity contribution in [3.63, 3.8) is 0 Å². The van der Waals surface area contributed by atoms with Gasteiger partial charge in [0.1, 0.15) is 13.2 Å². The van der Waals surface area contributed by atoms with Crippen molar-refractivity contribution in [1.29, 1.82) is 0 Å². The van der Waals surface area contributed by atoms with E-state index >= 15 is 0 Å². The summed E-state index contributed by atoms with van der Waals surface area (Å²) < 4.78 is 16.9. The SMILES string of the molecule is CCC(C)CCCCCCCCCCCCCCCCCCCCC(=O)O[C@@H](COC(=O)CCCCCCCCCCCCCCCCC(C)CC)COC(=O)CCCCCCCCCCC(C)C. The third-order valence-corrected chi connectivity index (χ3v) is 15.1. The van der Waals surface area contributed by atoms with Crippen LogP contribution in [0.3, 0.4) is 0 Å². The molecule has 410 valence electrons. The van der Waals surface area contributed by atoms with Crippen LogP contribution in [-0.4, -0.2) is 37.2 Å². The molecule has 0 aromatic rings. The molecule has 0 fully saturated rings. The third kappa shape index (κ3) is 54.0. The highest BCUT2D eigenvalue weighted by atomic mass is 16.6. The summed E-state index contributed by atoms with van der Waals surface area (Å²) in [4.78, 5) is 38.2. The van der Waals surface area contributed by atoms with Gasteiger partial charge in [-0.05, 0) is 37.0 Å². The lowest BCUT2D eigenvalue weighted by molar-refractivity contribution is -0.167. The van der Waals surface area contributed by atoms with Crippen LogP contribution in [0.2, 0.25) is 0 Å². The van der Waals surface area contributed by atoms with E-state index in [0.29, 0.717) is 19.3 Å². The van der Waals surface area contributed by atoms with Crippen LogP contribution >= 0.6 is 0 Å². The van der Waals surface area contributed by atoms with Crippen molar-refractivity contribution in [3.8, 4) is 0 Å². The van der Waals surface area contributed by atoms with E-state index in [0.717, 1.165) is 75.5 Å². The summed E-state index contributed by atoms with van der Waals surface area (Å²) in [6, 6.07) is 0. The van der Waals surface area contributed by atoms with Crippen molar-refractivity contribution in [1.82, 2.24) is 0 Å². The van der Waals surface area contributed by atoms with Gasteiger partial charge >= 0.3 is 17.9 Å². The summed E-state index contributed by atoms with van der Waals surface area (Å²) in [5, 5.41) is 0. The van der Waals surface area contributed by atoms with Gasteiger partial charge in [0.05, 0.1) is 0 Å². The van der Waals surface area contributed by atoms with E-state index in [2.05, 4.69) is 41.5 Å². The number of carbonyl (C=O) groups excluding carboxylic acids is 3. The normalized spacial score (nSPS) is 12.9. The van der Waals surface area contributed by atoms with E-state index in [4.69, 9.17) is 14.2 Å². The highest BCUT2D eigenvalue weighted by Crippen LogP contribution is 2.20. The fraction of sp³-hybridized carbons (Fsp3) is 0.952. The third-order valence-electron chi connectivity index (χ3n) is 15.1. The molecular weight excluding hydrogens is 853 g/mol. The van der Waals surface area contributed by atoms with Gasteiger partial charge < -0.3 is 14.2 Å². The molecular formula is C63H122O6. The minimum Gasteiger partial charge on any atom is -0.462 e. The van der Waals surface area contributed by atoms with Crippen molar-refractivity contribution >= 4 is 17.9 Å². The van der Waals surface area contributed by atoms with Crippen LogP contribution in [0.4, 0.5) is 0 Å². The number of hydrogen-bond donors (Lipinski definition) is 0. The Labute approximate surface area is 431 Å². The molecule has 0 amide bonds. The van der Waals surface area contributed by atoms with E-state index in [9.17, 15) is 14.4 Å². The Morgan fingerprint density at radius 2 is 0.507 bits per heavy atom. The number of ether oxygens (including phenoxy) is 3. The van der Waals surface area contributed by atoms with Gasteiger partial charge in [-0.1, -0.05) is 311 Å². The smallest absolute Gasteiger partial charge is 0.306 e. The van der Waals surface area contributed by atoms with Crippen molar-refractivity contribution < 1.29 is 28.6 Å². The Morgan fingerprint density at radius 3 is 0.754 bits per heavy atom. The van der Waals surface area contributed by atoms with Gasteiger partial charge in [0.2, 0.25) is 0 Å². The summed E-state index contributed by atoms with van der Waals surface area (Å²) in [5.74, 6) is 1.76. The molecule has 0 radical (unpaired) electrons. The minimum absolute atomic E-state index is 0.0634. The molecule has 0 aromatic carbocycles. The quantitative estimate of drug-likeness (QED) is 0.0343. The lowest BCUT2D eigenvalue weighted by Crippen LogP contribution is -2.30. The second kappa shape index (κ2) is 54.2. The maximum absolute atomic E-state index is 12.9. The summed E-state index contributed by atoms with van der Waals surface area (Å²) in [5.41, 5.74) is 0. The molecule has 0 saturated carbocycles. The van der Waals surface area contributed by atoms with Gasteiger partial charge in [-0.15, -0.1) is 0 Å². The molecule has 2 unspecified atom stereocenters. The van der Waals surface area contributed by atoms with Crippen LogP contribution in [0.5, 0.6) is 0 Å². The molecule has 69 heavy (non-hydrogen) atoms. The van der Waals surface area contributed by atoms with Gasteiger partial charge in [0, 0.05) is 19.3 Å². The molecule has 3 atom stereocenters. The topological polar surface area (TPSA) is 78.9 Å². The number of hydrogen-bond acceptors (Lipinski definition) is 6. The zero-order valence-electron chi connectivity index (χ0n) is 47.6. The molecule has 0 aliphatic carbocycles. The zero-order chi connectivity index (χ0) is 50.5. The number of carbonyl (C=O) groups is 3. The monoisotopic (exact) mass is 975 g/mol. The fourth-order valence-electron chi connectivity index (χ4n) is 9.64. The van der Waals surface area contributed by atoms with E-state index in [1.165, 1.54) is 231 Å². The second-order valence-electron chi connectivity index (χ2n) is 22.7. The van der Waals surface area contributed by atoms with E-state index in [1.54, 1.807) is 0 Å². The molecule has 0 aliphatic heterocycles. The van der Waals surface area contributed by atoms with E-state index in [-0.39, 0.29) is 31.1 Å². The van der Waals surface area contributed by atoms with Crippen LogP contribution in [-0.2, 0) is 28.6 Å². The lowest BCUT2D eigenvalue weighted by atomic mass is 9.99. The Balaban J connectivity index is 4.23. The molecule has 0 rings (SSSR count). The van der Waals surface area contributed by atoms with Crippen LogP contribution in [0.15, 0.2) is 0 Å². The van der Waals surface area contributed by atoms with Crippen LogP contribution < -0.4 is 0 Å². The lowest BCUT2D eigenvalue weighted by Gasteiger charge is -2.18. The summed E-state index contributed by atoms with van der Waals surface area (Å²) in [6.45, 7) is 13.8. The first-order valence-electron chi connectivity index (χ1n) is 31.2. The Hall–Kier alpha value is -1.59. The summed E-state index contributed by atoms with van der Waals surface area (Å²) >= 11 is 0. The summed E-state index contributed by atoms with van der Waals surface area (Å²) in [6.07, 6.45) is 58.1. The maximum Gasteiger partial charge on any atom is 0.306 e. The highest BCUT2D eigenvalue weighted by molar-refractivity contribution is 5.71. The van der Waals surface area contributed by atoms with Crippen molar-refractivity contribution in [2.24, 2.45) is 17.8 Å². The molecule has 0 N–H and O–H groups in total. The zero-order valence-corrected chi connectivity index (χ0v) is 47.6. The molecule has 6 heteroatoms. The molecule has 0 aliphatic rings. The fourth-order valence-corrected chi connectivity index (χ4v) is 9.64. The standard InChI is InChI=1S/C63H122O6/c1-7-58(5)50-44-38-32-25-21-17-13-11-9-10-12-14-20-24-28-36-42-48-54-63(66)69-60(56-68-62(65)53-47-41-35-30-29-31-37-43-49-57(3)4)55-67-61(64)52-46-40-34-27-23-19-16-15-18-22-26-33-39-45-51-59(6)8-2/h57-60H,7-56H2,1-6H3/t58?,59?,60-/m0/s1. The van der Waals surface area contributed by atoms with Gasteiger partial charge in [-0.3, -0.25) is 14.4 Å². The number of rotatable bonds is 56. The molecule has 0 spiro atoms. The van der Waals surface area contributed by atoms with Crippen molar-refractivity contribution in [2.45, 2.75) is 356 Å². The Bertz CT molecular complexity index is 1070. The van der Waals surface area contributed by atoms with Gasteiger partial charge in [0.15, 0.2) is 6.10 Å². The largest absolute Gasteiger partial charge is 0.462 e. The first-order chi connectivity index (χ1) is 33.7. The average Bonchev–Trinajstić information content (AvgIpc) is 3.34. The summed E-state index contributed by atoms with van der Waals surface area (Å²) in [7, 11) is 0. The minimum atomic E-state index is -0.764. The van der Waals surface area contributed by atoms with Crippen LogP contribution in [0.25, 0.3) is 0 Å². The number of unbranched alkanes of at least 4 members (excludes halogenated alkanes) is 37. The predicted molar refractivity (Wildman–Crippen MR) is 298 cm³/mol. The molecule has 0 aromatic heterocycles. The first-order valence-corrected chi connectivity index (χ1v) is 31.2.